The topological polar surface area (TPSA) is 111 Å². The van der Waals surface area contributed by atoms with E-state index in [-0.39, 0.29) is 10.8 Å². The van der Waals surface area contributed by atoms with E-state index in [1.807, 2.05) is 0 Å². The number of primary sulfonamides is 1. The Morgan fingerprint density at radius 2 is 2.12 bits per heavy atom. The number of hydrogen-bond donors (Lipinski definition) is 2. The average Bonchev–Trinajstić information content (AvgIpc) is 2.61. The molecule has 2 heterocycles. The Morgan fingerprint density at radius 1 is 1.38 bits per heavy atom. The molecule has 0 atom stereocenters. The summed E-state index contributed by atoms with van der Waals surface area (Å²) in [5.74, 6) is 0.272. The summed E-state index contributed by atoms with van der Waals surface area (Å²) in [6.45, 7) is 0. The molecule has 0 aliphatic heterocycles. The van der Waals surface area contributed by atoms with Gasteiger partial charge < -0.3 is 0 Å². The summed E-state index contributed by atoms with van der Waals surface area (Å²) in [4.78, 5) is 15.0. The summed E-state index contributed by atoms with van der Waals surface area (Å²) in [6, 6.07) is 5.78. The predicted molar refractivity (Wildman–Crippen MR) is 55.6 cm³/mol. The van der Waals surface area contributed by atoms with Crippen LogP contribution in [0.25, 0.3) is 5.82 Å². The highest BCUT2D eigenvalue weighted by atomic mass is 32.2. The van der Waals surface area contributed by atoms with Crippen molar-refractivity contribution in [3.63, 3.8) is 0 Å². The lowest BCUT2D eigenvalue weighted by Gasteiger charge is -2.04. The van der Waals surface area contributed by atoms with Gasteiger partial charge in [-0.3, -0.25) is 9.89 Å². The fourth-order valence-electron chi connectivity index (χ4n) is 1.24. The zero-order chi connectivity index (χ0) is 11.8. The molecule has 2 rings (SSSR count). The van der Waals surface area contributed by atoms with Gasteiger partial charge in [-0.05, 0) is 12.1 Å². The number of nitrogens with one attached hydrogen (secondary N) is 1. The van der Waals surface area contributed by atoms with Crippen LogP contribution in [0.4, 0.5) is 0 Å². The van der Waals surface area contributed by atoms with Crippen molar-refractivity contribution in [1.29, 1.82) is 0 Å². The van der Waals surface area contributed by atoms with Crippen molar-refractivity contribution in [2.45, 2.75) is 5.03 Å². The van der Waals surface area contributed by atoms with E-state index in [2.05, 4.69) is 10.1 Å². The van der Waals surface area contributed by atoms with Gasteiger partial charge in [-0.2, -0.15) is 0 Å². The Balaban J connectivity index is 2.72. The van der Waals surface area contributed by atoms with E-state index in [4.69, 9.17) is 5.14 Å². The van der Waals surface area contributed by atoms with Crippen LogP contribution in [0.3, 0.4) is 0 Å². The Morgan fingerprint density at radius 3 is 2.69 bits per heavy atom. The molecule has 84 valence electrons. The van der Waals surface area contributed by atoms with Gasteiger partial charge in [-0.15, -0.1) is 0 Å². The molecule has 7 nitrogen and oxygen atoms in total. The third kappa shape index (κ3) is 1.88. The van der Waals surface area contributed by atoms with Crippen LogP contribution in [-0.2, 0) is 10.0 Å². The first-order valence-corrected chi connectivity index (χ1v) is 5.79. The summed E-state index contributed by atoms with van der Waals surface area (Å²) < 4.78 is 23.4. The number of hydrogen-bond acceptors (Lipinski definition) is 4. The minimum Gasteiger partial charge on any atom is -0.268 e. The van der Waals surface area contributed by atoms with Crippen molar-refractivity contribution in [3.8, 4) is 5.82 Å². The van der Waals surface area contributed by atoms with Crippen LogP contribution in [0.1, 0.15) is 0 Å². The molecule has 0 aliphatic rings. The third-order valence-electron chi connectivity index (χ3n) is 1.87. The highest BCUT2D eigenvalue weighted by Gasteiger charge is 2.17. The molecule has 3 N–H and O–H groups in total. The van der Waals surface area contributed by atoms with E-state index in [1.54, 1.807) is 18.2 Å². The molecule has 0 aliphatic carbocycles. The first-order valence-electron chi connectivity index (χ1n) is 4.25. The molecule has 0 amide bonds. The van der Waals surface area contributed by atoms with Crippen molar-refractivity contribution < 1.29 is 8.42 Å². The summed E-state index contributed by atoms with van der Waals surface area (Å²) >= 11 is 0. The second kappa shape index (κ2) is 3.58. The minimum absolute atomic E-state index is 0.272. The van der Waals surface area contributed by atoms with Gasteiger partial charge in [-0.1, -0.05) is 6.07 Å². The van der Waals surface area contributed by atoms with E-state index < -0.39 is 15.6 Å². The summed E-state index contributed by atoms with van der Waals surface area (Å²) in [5, 5.41) is 6.96. The quantitative estimate of drug-likeness (QED) is 0.716. The largest absolute Gasteiger partial charge is 0.268 e. The molecule has 0 saturated heterocycles. The first kappa shape index (κ1) is 10.6. The molecule has 0 fully saturated rings. The fourth-order valence-corrected chi connectivity index (χ4v) is 1.90. The maximum absolute atomic E-state index is 11.2. The molecule has 0 radical (unpaired) electrons. The number of aromatic nitrogens is 3. The Labute approximate surface area is 90.6 Å². The van der Waals surface area contributed by atoms with Crippen LogP contribution in [0, 0.1) is 0 Å². The maximum atomic E-state index is 11.2. The lowest BCUT2D eigenvalue weighted by atomic mass is 10.5. The number of nitrogens with two attached hydrogens (primary N) is 1. The van der Waals surface area contributed by atoms with Gasteiger partial charge in [0.2, 0.25) is 0 Å². The second-order valence-corrected chi connectivity index (χ2v) is 4.54. The van der Waals surface area contributed by atoms with Crippen LogP contribution in [-0.4, -0.2) is 23.2 Å². The zero-order valence-corrected chi connectivity index (χ0v) is 8.81. The Kier molecular flexibility index (Phi) is 2.37. The summed E-state index contributed by atoms with van der Waals surface area (Å²) in [6.07, 6.45) is 1.47. The monoisotopic (exact) mass is 240 g/mol. The molecule has 0 unspecified atom stereocenters. The molecule has 0 aromatic carbocycles. The van der Waals surface area contributed by atoms with Crippen LogP contribution in [0.15, 0.2) is 40.3 Å². The summed E-state index contributed by atoms with van der Waals surface area (Å²) in [7, 11) is -3.97. The SMILES string of the molecule is NS(=O)(=O)c1cc(=O)[nH]n1-c1ccccn1. The molecule has 16 heavy (non-hydrogen) atoms. The van der Waals surface area contributed by atoms with E-state index in [0.29, 0.717) is 0 Å². The van der Waals surface area contributed by atoms with Crippen molar-refractivity contribution in [1.82, 2.24) is 14.8 Å². The van der Waals surface area contributed by atoms with Crippen LogP contribution < -0.4 is 10.7 Å². The van der Waals surface area contributed by atoms with Gasteiger partial charge in [0.1, 0.15) is 0 Å². The van der Waals surface area contributed by atoms with Gasteiger partial charge in [0.05, 0.1) is 0 Å². The number of sulfonamides is 1. The van der Waals surface area contributed by atoms with Crippen LogP contribution in [0.2, 0.25) is 0 Å². The van der Waals surface area contributed by atoms with Crippen LogP contribution in [0.5, 0.6) is 0 Å². The van der Waals surface area contributed by atoms with Gasteiger partial charge in [0, 0.05) is 12.3 Å². The molecular formula is C8H8N4O3S. The Bertz CT molecular complexity index is 656. The average molecular weight is 240 g/mol. The number of aromatic amines is 1. The maximum Gasteiger partial charge on any atom is 0.265 e. The minimum atomic E-state index is -3.97. The number of rotatable bonds is 2. The molecule has 0 saturated carbocycles. The highest BCUT2D eigenvalue weighted by molar-refractivity contribution is 7.89. The standard InChI is InChI=1S/C8H8N4O3S/c9-16(14,15)8-5-7(13)11-12(8)6-3-1-2-4-10-6/h1-5H,(H,11,13)(H2,9,14,15). The number of nitrogens with zero attached hydrogens (tertiary/aromatic N) is 2. The van der Waals surface area contributed by atoms with E-state index in [1.165, 1.54) is 6.20 Å². The third-order valence-corrected chi connectivity index (χ3v) is 2.75. The van der Waals surface area contributed by atoms with Crippen molar-refractivity contribution in [3.05, 3.63) is 40.8 Å². The smallest absolute Gasteiger partial charge is 0.265 e. The number of H-pyrrole nitrogens is 1. The van der Waals surface area contributed by atoms with Crippen molar-refractivity contribution in [2.75, 3.05) is 0 Å². The van der Waals surface area contributed by atoms with E-state index in [0.717, 1.165) is 10.7 Å². The molecule has 2 aromatic heterocycles. The van der Waals surface area contributed by atoms with Gasteiger partial charge in [0.15, 0.2) is 10.8 Å². The molecule has 0 bridgehead atoms. The fraction of sp³-hybridized carbons (Fsp3) is 0. The lowest BCUT2D eigenvalue weighted by molar-refractivity contribution is 0.586. The summed E-state index contributed by atoms with van der Waals surface area (Å²) in [5.41, 5.74) is -0.560. The molecular weight excluding hydrogens is 232 g/mol. The van der Waals surface area contributed by atoms with Crippen molar-refractivity contribution in [2.24, 2.45) is 5.14 Å². The molecule has 8 heteroatoms. The van der Waals surface area contributed by atoms with Crippen molar-refractivity contribution >= 4 is 10.0 Å². The first-order chi connectivity index (χ1) is 7.48. The van der Waals surface area contributed by atoms with E-state index in [9.17, 15) is 13.2 Å². The number of pyridine rings is 1. The predicted octanol–water partition coefficient (Wildman–Crippen LogP) is -0.792. The van der Waals surface area contributed by atoms with Gasteiger partial charge >= 0.3 is 0 Å². The normalized spacial score (nSPS) is 11.6. The zero-order valence-electron chi connectivity index (χ0n) is 7.99. The van der Waals surface area contributed by atoms with Gasteiger partial charge in [0.25, 0.3) is 15.6 Å². The van der Waals surface area contributed by atoms with E-state index >= 15 is 0 Å². The Hall–Kier alpha value is -1.93. The second-order valence-electron chi connectivity index (χ2n) is 3.03. The molecule has 0 spiro atoms. The molecule has 2 aromatic rings. The lowest BCUT2D eigenvalue weighted by Crippen LogP contribution is -2.17. The highest BCUT2D eigenvalue weighted by Crippen LogP contribution is 2.08. The van der Waals surface area contributed by atoms with Gasteiger partial charge in [-0.25, -0.2) is 23.2 Å². The van der Waals surface area contributed by atoms with Crippen LogP contribution >= 0.6 is 0 Å².